The summed E-state index contributed by atoms with van der Waals surface area (Å²) in [4.78, 5) is 8.09. The molecular formula is C67H70BN3Si. The second-order valence-corrected chi connectivity index (χ2v) is 30.1. The molecule has 12 rings (SSSR count). The molecule has 1 aliphatic carbocycles. The van der Waals surface area contributed by atoms with E-state index in [-0.39, 0.29) is 28.5 Å². The van der Waals surface area contributed by atoms with Crippen LogP contribution in [0, 0.1) is 0 Å². The summed E-state index contributed by atoms with van der Waals surface area (Å²) in [6, 6.07) is 68.2. The number of anilines is 8. The van der Waals surface area contributed by atoms with E-state index in [9.17, 15) is 0 Å². The molecule has 8 aromatic carbocycles. The Morgan fingerprint density at radius 3 is 1.67 bits per heavy atom. The fraction of sp³-hybridized carbons (Fsp3) is 0.284. The summed E-state index contributed by atoms with van der Waals surface area (Å²) in [6.07, 6.45) is 4.80. The SMILES string of the molecule is CC(C)(C)c1ccc(N2c3ccc(C(C)(C)C)cc3B3c4ccc(-c5ccccc5)cc4N(c4cccc(-c5ccccc5)c4)c4cc(N5c6ccc([Si](C)(C)C)cc6C6(C)CCCCC56C)cc2c43)cc1. The van der Waals surface area contributed by atoms with E-state index in [1.165, 1.54) is 114 Å². The Morgan fingerprint density at radius 1 is 0.444 bits per heavy atom. The molecule has 3 aliphatic heterocycles. The lowest BCUT2D eigenvalue weighted by atomic mass is 9.33. The predicted octanol–water partition coefficient (Wildman–Crippen LogP) is 16.0. The lowest BCUT2D eigenvalue weighted by Crippen LogP contribution is -2.61. The van der Waals surface area contributed by atoms with E-state index in [0.717, 1.165) is 12.1 Å². The summed E-state index contributed by atoms with van der Waals surface area (Å²) in [6.45, 7) is 26.7. The Bertz CT molecular complexity index is 3410. The molecule has 1 fully saturated rings. The van der Waals surface area contributed by atoms with Gasteiger partial charge < -0.3 is 14.7 Å². The topological polar surface area (TPSA) is 9.72 Å². The zero-order valence-corrected chi connectivity index (χ0v) is 45.5. The molecule has 72 heavy (non-hydrogen) atoms. The highest BCUT2D eigenvalue weighted by Gasteiger charge is 2.58. The van der Waals surface area contributed by atoms with Crippen LogP contribution in [0.25, 0.3) is 22.3 Å². The summed E-state index contributed by atoms with van der Waals surface area (Å²) < 4.78 is 0. The molecular weight excluding hydrogens is 886 g/mol. The number of fused-ring (bicyclic) bond motifs is 7. The van der Waals surface area contributed by atoms with Gasteiger partial charge in [-0.05, 0) is 141 Å². The van der Waals surface area contributed by atoms with Gasteiger partial charge in [0.05, 0.1) is 13.6 Å². The molecule has 5 heteroatoms. The molecule has 0 bridgehead atoms. The van der Waals surface area contributed by atoms with Crippen LogP contribution in [-0.2, 0) is 16.2 Å². The first-order valence-corrected chi connectivity index (χ1v) is 30.2. The summed E-state index contributed by atoms with van der Waals surface area (Å²) in [5, 5.41) is 1.55. The molecule has 0 spiro atoms. The third-order valence-corrected chi connectivity index (χ3v) is 19.5. The number of benzene rings is 8. The van der Waals surface area contributed by atoms with Crippen molar-refractivity contribution in [1.82, 2.24) is 0 Å². The molecule has 0 amide bonds. The predicted molar refractivity (Wildman–Crippen MR) is 315 cm³/mol. The van der Waals surface area contributed by atoms with E-state index in [0.29, 0.717) is 0 Å². The van der Waals surface area contributed by atoms with E-state index in [2.05, 4.69) is 266 Å². The van der Waals surface area contributed by atoms with Crippen molar-refractivity contribution in [2.24, 2.45) is 0 Å². The van der Waals surface area contributed by atoms with Gasteiger partial charge in [-0.3, -0.25) is 0 Å². The average molecular weight is 956 g/mol. The van der Waals surface area contributed by atoms with Crippen molar-refractivity contribution in [1.29, 1.82) is 0 Å². The van der Waals surface area contributed by atoms with Gasteiger partial charge >= 0.3 is 0 Å². The standard InChI is InChI=1S/C67H70BN3Si/c1-64(2,3)49-28-31-51(32-29-49)69-59-35-30-50(65(4,5)6)41-57(59)68-56-34-27-48(46-23-16-13-17-24-46)40-60(56)70(52-26-20-25-47(39-52)45-21-14-12-15-22-45)62-43-53(42-61(69)63(62)68)71-58-36-33-54(72(9,10)11)44-55(58)66(7)37-18-19-38-67(66,71)8/h12-17,20-36,39-44H,18-19,37-38H2,1-11H3. The Morgan fingerprint density at radius 2 is 1.03 bits per heavy atom. The van der Waals surface area contributed by atoms with Crippen molar-refractivity contribution in [2.45, 2.75) is 122 Å². The van der Waals surface area contributed by atoms with Crippen molar-refractivity contribution in [3.8, 4) is 22.3 Å². The third kappa shape index (κ3) is 7.27. The molecule has 0 saturated heterocycles. The van der Waals surface area contributed by atoms with Crippen molar-refractivity contribution in [3.63, 3.8) is 0 Å². The number of hydrogen-bond donors (Lipinski definition) is 0. The number of nitrogens with zero attached hydrogens (tertiary/aromatic N) is 3. The van der Waals surface area contributed by atoms with Crippen LogP contribution in [0.3, 0.4) is 0 Å². The summed E-state index contributed by atoms with van der Waals surface area (Å²) in [5.41, 5.74) is 22.9. The van der Waals surface area contributed by atoms with Crippen LogP contribution in [-0.4, -0.2) is 20.3 Å². The minimum absolute atomic E-state index is 0.00870. The molecule has 0 radical (unpaired) electrons. The molecule has 4 aliphatic rings. The maximum absolute atomic E-state index is 2.83. The average Bonchev–Trinajstić information content (AvgIpc) is 3.58. The first-order valence-electron chi connectivity index (χ1n) is 26.7. The maximum Gasteiger partial charge on any atom is 0.252 e. The van der Waals surface area contributed by atoms with Gasteiger partial charge in [0, 0.05) is 50.9 Å². The van der Waals surface area contributed by atoms with E-state index < -0.39 is 8.07 Å². The molecule has 8 aromatic rings. The fourth-order valence-electron chi connectivity index (χ4n) is 13.1. The van der Waals surface area contributed by atoms with Gasteiger partial charge in [0.2, 0.25) is 0 Å². The molecule has 2 atom stereocenters. The largest absolute Gasteiger partial charge is 0.334 e. The first-order chi connectivity index (χ1) is 34.3. The summed E-state index contributed by atoms with van der Waals surface area (Å²) >= 11 is 0. The summed E-state index contributed by atoms with van der Waals surface area (Å²) in [5.74, 6) is 0. The van der Waals surface area contributed by atoms with Gasteiger partial charge in [0.1, 0.15) is 0 Å². The van der Waals surface area contributed by atoms with Crippen molar-refractivity contribution in [2.75, 3.05) is 14.7 Å². The van der Waals surface area contributed by atoms with Crippen LogP contribution in [0.2, 0.25) is 19.6 Å². The van der Waals surface area contributed by atoms with Crippen LogP contribution in [0.1, 0.15) is 97.8 Å². The monoisotopic (exact) mass is 956 g/mol. The molecule has 2 unspecified atom stereocenters. The van der Waals surface area contributed by atoms with Gasteiger partial charge in [-0.15, -0.1) is 0 Å². The van der Waals surface area contributed by atoms with E-state index in [1.807, 2.05) is 0 Å². The smallest absolute Gasteiger partial charge is 0.252 e. The minimum atomic E-state index is -1.61. The Labute approximate surface area is 431 Å². The third-order valence-electron chi connectivity index (χ3n) is 17.5. The van der Waals surface area contributed by atoms with Gasteiger partial charge in [-0.25, -0.2) is 0 Å². The Kier molecular flexibility index (Phi) is 10.6. The maximum atomic E-state index is 2.83. The van der Waals surface area contributed by atoms with Crippen molar-refractivity contribution in [3.05, 3.63) is 193 Å². The molecule has 0 aromatic heterocycles. The molecule has 1 saturated carbocycles. The lowest BCUT2D eigenvalue weighted by molar-refractivity contribution is 0.195. The van der Waals surface area contributed by atoms with E-state index >= 15 is 0 Å². The van der Waals surface area contributed by atoms with Gasteiger partial charge in [-0.1, -0.05) is 207 Å². The molecule has 3 heterocycles. The van der Waals surface area contributed by atoms with Crippen molar-refractivity contribution >= 4 is 81.9 Å². The van der Waals surface area contributed by atoms with Crippen LogP contribution >= 0.6 is 0 Å². The van der Waals surface area contributed by atoms with Crippen LogP contribution in [0.4, 0.5) is 45.5 Å². The first kappa shape index (κ1) is 46.5. The Hall–Kier alpha value is -6.56. The van der Waals surface area contributed by atoms with Gasteiger partial charge in [0.15, 0.2) is 0 Å². The zero-order chi connectivity index (χ0) is 50.1. The molecule has 0 N–H and O–H groups in total. The highest BCUT2D eigenvalue weighted by atomic mass is 28.3. The second kappa shape index (κ2) is 16.5. The fourth-order valence-corrected chi connectivity index (χ4v) is 14.3. The van der Waals surface area contributed by atoms with E-state index in [1.54, 1.807) is 5.19 Å². The van der Waals surface area contributed by atoms with Gasteiger partial charge in [0.25, 0.3) is 6.71 Å². The molecule has 3 nitrogen and oxygen atoms in total. The van der Waals surface area contributed by atoms with Gasteiger partial charge in [-0.2, -0.15) is 0 Å². The zero-order valence-electron chi connectivity index (χ0n) is 44.5. The highest BCUT2D eigenvalue weighted by Crippen LogP contribution is 2.62. The minimum Gasteiger partial charge on any atom is -0.334 e. The normalized spacial score (nSPS) is 19.1. The molecule has 360 valence electrons. The Balaban J connectivity index is 1.21. The highest BCUT2D eigenvalue weighted by molar-refractivity contribution is 7.00. The van der Waals surface area contributed by atoms with E-state index in [4.69, 9.17) is 0 Å². The quantitative estimate of drug-likeness (QED) is 0.154. The summed E-state index contributed by atoms with van der Waals surface area (Å²) in [7, 11) is -1.61. The van der Waals surface area contributed by atoms with Crippen LogP contribution < -0.4 is 36.3 Å². The van der Waals surface area contributed by atoms with Crippen LogP contribution in [0.15, 0.2) is 176 Å². The second-order valence-electron chi connectivity index (χ2n) is 25.0. The number of rotatable bonds is 6. The van der Waals surface area contributed by atoms with Crippen molar-refractivity contribution < 1.29 is 0 Å². The lowest BCUT2D eigenvalue weighted by Gasteiger charge is -2.51. The van der Waals surface area contributed by atoms with Crippen LogP contribution in [0.5, 0.6) is 0 Å². The number of hydrogen-bond acceptors (Lipinski definition) is 3.